The van der Waals surface area contributed by atoms with Gasteiger partial charge in [0.1, 0.15) is 0 Å². The lowest BCUT2D eigenvalue weighted by molar-refractivity contribution is -0.384. The largest absolute Gasteiger partial charge is 0.395 e. The molecular formula is C13H15N3O4S. The fourth-order valence-electron chi connectivity index (χ4n) is 1.95. The number of benzene rings is 1. The first-order valence-corrected chi connectivity index (χ1v) is 7.09. The Kier molecular flexibility index (Phi) is 4.84. The first kappa shape index (κ1) is 15.4. The van der Waals surface area contributed by atoms with Gasteiger partial charge >= 0.3 is 4.87 Å². The van der Waals surface area contributed by atoms with Gasteiger partial charge in [-0.1, -0.05) is 11.3 Å². The summed E-state index contributed by atoms with van der Waals surface area (Å²) in [6.45, 7) is 1.07. The highest BCUT2D eigenvalue weighted by Crippen LogP contribution is 2.26. The zero-order valence-corrected chi connectivity index (χ0v) is 12.2. The van der Waals surface area contributed by atoms with Gasteiger partial charge in [-0.25, -0.2) is 0 Å². The number of H-pyrrole nitrogens is 1. The Hall–Kier alpha value is -2.03. The molecule has 2 N–H and O–H groups in total. The molecule has 21 heavy (non-hydrogen) atoms. The molecule has 0 atom stereocenters. The SMILES string of the molecule is CN(CCO)Cc1sc(=O)[nH]c1-c1ccc([N+](=O)[O-])cc1. The number of nitro groups is 1. The summed E-state index contributed by atoms with van der Waals surface area (Å²) in [6.07, 6.45) is 0. The van der Waals surface area contributed by atoms with E-state index in [1.807, 2.05) is 11.9 Å². The number of nitrogens with zero attached hydrogens (tertiary/aromatic N) is 2. The predicted octanol–water partition coefficient (Wildman–Crippen LogP) is 1.44. The van der Waals surface area contributed by atoms with Crippen molar-refractivity contribution >= 4 is 17.0 Å². The normalized spacial score (nSPS) is 11.0. The lowest BCUT2D eigenvalue weighted by Gasteiger charge is -2.14. The van der Waals surface area contributed by atoms with Gasteiger partial charge < -0.3 is 10.1 Å². The maximum Gasteiger partial charge on any atom is 0.305 e. The molecule has 0 saturated carbocycles. The van der Waals surface area contributed by atoms with Crippen LogP contribution in [0.4, 0.5) is 5.69 Å². The summed E-state index contributed by atoms with van der Waals surface area (Å²) in [6, 6.07) is 6.05. The average Bonchev–Trinajstić information content (AvgIpc) is 2.79. The summed E-state index contributed by atoms with van der Waals surface area (Å²) >= 11 is 1.11. The monoisotopic (exact) mass is 309 g/mol. The van der Waals surface area contributed by atoms with E-state index < -0.39 is 4.92 Å². The van der Waals surface area contributed by atoms with Crippen LogP contribution in [0.1, 0.15) is 4.88 Å². The van der Waals surface area contributed by atoms with Crippen molar-refractivity contribution in [2.45, 2.75) is 6.54 Å². The average molecular weight is 309 g/mol. The fourth-order valence-corrected chi connectivity index (χ4v) is 2.88. The molecule has 2 aromatic rings. The highest BCUT2D eigenvalue weighted by Gasteiger charge is 2.13. The molecule has 0 fully saturated rings. The number of aromatic nitrogens is 1. The molecule has 0 aliphatic carbocycles. The van der Waals surface area contributed by atoms with Crippen molar-refractivity contribution in [2.75, 3.05) is 20.2 Å². The molecule has 1 aromatic heterocycles. The molecule has 0 spiro atoms. The number of aliphatic hydroxyl groups excluding tert-OH is 1. The van der Waals surface area contributed by atoms with Gasteiger partial charge in [0.05, 0.1) is 17.2 Å². The van der Waals surface area contributed by atoms with Gasteiger partial charge in [-0.15, -0.1) is 0 Å². The van der Waals surface area contributed by atoms with Crippen molar-refractivity contribution in [2.24, 2.45) is 0 Å². The number of hydrogen-bond acceptors (Lipinski definition) is 6. The number of hydrogen-bond donors (Lipinski definition) is 2. The van der Waals surface area contributed by atoms with Crippen molar-refractivity contribution < 1.29 is 10.0 Å². The lowest BCUT2D eigenvalue weighted by atomic mass is 10.1. The van der Waals surface area contributed by atoms with Gasteiger partial charge in [-0.05, 0) is 24.7 Å². The lowest BCUT2D eigenvalue weighted by Crippen LogP contribution is -2.21. The maximum atomic E-state index is 11.6. The molecule has 0 aliphatic rings. The molecule has 0 unspecified atom stereocenters. The Morgan fingerprint density at radius 2 is 2.05 bits per heavy atom. The number of thiazole rings is 1. The minimum Gasteiger partial charge on any atom is -0.395 e. The molecule has 0 saturated heterocycles. The quantitative estimate of drug-likeness (QED) is 0.621. The Balaban J connectivity index is 2.30. The molecule has 112 valence electrons. The highest BCUT2D eigenvalue weighted by atomic mass is 32.1. The molecule has 7 nitrogen and oxygen atoms in total. The van der Waals surface area contributed by atoms with Crippen molar-refractivity contribution in [1.29, 1.82) is 0 Å². The fraction of sp³-hybridized carbons (Fsp3) is 0.308. The minimum absolute atomic E-state index is 0.00951. The van der Waals surface area contributed by atoms with Crippen molar-refractivity contribution in [3.63, 3.8) is 0 Å². The second-order valence-corrected chi connectivity index (χ2v) is 5.65. The van der Waals surface area contributed by atoms with E-state index in [0.29, 0.717) is 18.8 Å². The number of likely N-dealkylation sites (N-methyl/N-ethyl adjacent to an activating group) is 1. The van der Waals surface area contributed by atoms with Crippen molar-refractivity contribution in [3.05, 3.63) is 48.9 Å². The summed E-state index contributed by atoms with van der Waals surface area (Å²) in [5.41, 5.74) is 1.41. The van der Waals surface area contributed by atoms with E-state index in [9.17, 15) is 14.9 Å². The van der Waals surface area contributed by atoms with Crippen LogP contribution < -0.4 is 4.87 Å². The van der Waals surface area contributed by atoms with Crippen LogP contribution in [0.3, 0.4) is 0 Å². The Morgan fingerprint density at radius 3 is 2.62 bits per heavy atom. The van der Waals surface area contributed by atoms with Gasteiger partial charge in [-0.2, -0.15) is 0 Å². The molecular weight excluding hydrogens is 294 g/mol. The smallest absolute Gasteiger partial charge is 0.305 e. The second-order valence-electron chi connectivity index (χ2n) is 4.58. The third-order valence-electron chi connectivity index (χ3n) is 2.98. The molecule has 8 heteroatoms. The molecule has 2 rings (SSSR count). The molecule has 0 bridgehead atoms. The van der Waals surface area contributed by atoms with Crippen LogP contribution in [0.5, 0.6) is 0 Å². The Labute approximate surface area is 124 Å². The van der Waals surface area contributed by atoms with Crippen LogP contribution >= 0.6 is 11.3 Å². The Bertz CT molecular complexity index is 677. The summed E-state index contributed by atoms with van der Waals surface area (Å²) < 4.78 is 0. The van der Waals surface area contributed by atoms with E-state index in [0.717, 1.165) is 21.8 Å². The van der Waals surface area contributed by atoms with Crippen molar-refractivity contribution in [3.8, 4) is 11.3 Å². The first-order chi connectivity index (χ1) is 10.0. The maximum absolute atomic E-state index is 11.6. The van der Waals surface area contributed by atoms with Crippen LogP contribution in [0.25, 0.3) is 11.3 Å². The number of non-ortho nitro benzene ring substituents is 1. The number of nitrogens with one attached hydrogen (secondary N) is 1. The first-order valence-electron chi connectivity index (χ1n) is 6.27. The minimum atomic E-state index is -0.462. The van der Waals surface area contributed by atoms with Crippen LogP contribution in [0.2, 0.25) is 0 Å². The zero-order chi connectivity index (χ0) is 15.4. The summed E-state index contributed by atoms with van der Waals surface area (Å²) in [4.78, 5) is 27.1. The van der Waals surface area contributed by atoms with E-state index in [2.05, 4.69) is 4.98 Å². The summed E-state index contributed by atoms with van der Waals surface area (Å²) in [7, 11) is 1.85. The number of aliphatic hydroxyl groups is 1. The number of rotatable bonds is 6. The Morgan fingerprint density at radius 1 is 1.38 bits per heavy atom. The van der Waals surface area contributed by atoms with Crippen LogP contribution in [-0.2, 0) is 6.54 Å². The molecule has 0 amide bonds. The van der Waals surface area contributed by atoms with Gasteiger partial charge in [0.25, 0.3) is 5.69 Å². The summed E-state index contributed by atoms with van der Waals surface area (Å²) in [5.74, 6) is 0. The van der Waals surface area contributed by atoms with Crippen LogP contribution in [0, 0.1) is 10.1 Å². The summed E-state index contributed by atoms with van der Waals surface area (Å²) in [5, 5.41) is 19.6. The van der Waals surface area contributed by atoms with Gasteiger partial charge in [0.15, 0.2) is 0 Å². The molecule has 0 aliphatic heterocycles. The van der Waals surface area contributed by atoms with Gasteiger partial charge in [-0.3, -0.25) is 19.8 Å². The third-order valence-corrected chi connectivity index (χ3v) is 3.85. The third kappa shape index (κ3) is 3.75. The molecule has 0 radical (unpaired) electrons. The van der Waals surface area contributed by atoms with E-state index in [-0.39, 0.29) is 17.2 Å². The second kappa shape index (κ2) is 6.61. The zero-order valence-electron chi connectivity index (χ0n) is 11.4. The standard InChI is InChI=1S/C13H15N3O4S/c1-15(6-7-17)8-11-12(14-13(18)21-11)9-2-4-10(5-3-9)16(19)20/h2-5,17H,6-8H2,1H3,(H,14,18). The van der Waals surface area contributed by atoms with E-state index in [1.54, 1.807) is 12.1 Å². The van der Waals surface area contributed by atoms with Crippen molar-refractivity contribution in [1.82, 2.24) is 9.88 Å². The predicted molar refractivity (Wildman–Crippen MR) is 80.4 cm³/mol. The van der Waals surface area contributed by atoms with E-state index >= 15 is 0 Å². The molecule has 1 heterocycles. The highest BCUT2D eigenvalue weighted by molar-refractivity contribution is 7.09. The topological polar surface area (TPSA) is 99.5 Å². The molecule has 1 aromatic carbocycles. The van der Waals surface area contributed by atoms with E-state index in [4.69, 9.17) is 5.11 Å². The number of aromatic amines is 1. The van der Waals surface area contributed by atoms with Gasteiger partial charge in [0, 0.05) is 30.1 Å². The van der Waals surface area contributed by atoms with Crippen LogP contribution in [-0.4, -0.2) is 40.1 Å². The van der Waals surface area contributed by atoms with E-state index in [1.165, 1.54) is 12.1 Å². The van der Waals surface area contributed by atoms with Gasteiger partial charge in [0.2, 0.25) is 0 Å². The number of nitro benzene ring substituents is 1. The van der Waals surface area contributed by atoms with Crippen LogP contribution in [0.15, 0.2) is 29.1 Å².